The maximum Gasteiger partial charge on any atom is 0.416 e. The highest BCUT2D eigenvalue weighted by Gasteiger charge is 2.36. The van der Waals surface area contributed by atoms with Gasteiger partial charge >= 0.3 is 12.2 Å². The van der Waals surface area contributed by atoms with Crippen molar-refractivity contribution in [3.63, 3.8) is 0 Å². The molecule has 0 spiro atoms. The maximum atomic E-state index is 13.2. The number of ether oxygens (including phenoxy) is 2. The van der Waals surface area contributed by atoms with Crippen molar-refractivity contribution in [3.8, 4) is 0 Å². The van der Waals surface area contributed by atoms with Crippen molar-refractivity contribution < 1.29 is 19.1 Å². The van der Waals surface area contributed by atoms with Gasteiger partial charge in [0.25, 0.3) is 0 Å². The lowest BCUT2D eigenvalue weighted by atomic mass is 9.95. The molecule has 2 heterocycles. The molecule has 0 N–H and O–H groups in total. The lowest BCUT2D eigenvalue weighted by Gasteiger charge is -2.39. The number of hydrogen-bond acceptors (Lipinski definition) is 5. The van der Waals surface area contributed by atoms with E-state index in [1.54, 1.807) is 16.0 Å². The minimum atomic E-state index is -0.620. The van der Waals surface area contributed by atoms with E-state index in [2.05, 4.69) is 4.98 Å². The number of likely N-dealkylation sites (tertiary alicyclic amines) is 1. The highest BCUT2D eigenvalue weighted by molar-refractivity contribution is 5.88. The molecule has 1 aliphatic rings. The van der Waals surface area contributed by atoms with Gasteiger partial charge in [-0.3, -0.25) is 4.90 Å². The summed E-state index contributed by atoms with van der Waals surface area (Å²) in [6.45, 7) is 15.8. The number of anilines is 1. The Balaban J connectivity index is 2.47. The summed E-state index contributed by atoms with van der Waals surface area (Å²) in [7, 11) is 0. The van der Waals surface area contributed by atoms with E-state index >= 15 is 0 Å². The van der Waals surface area contributed by atoms with Gasteiger partial charge in [-0.25, -0.2) is 14.6 Å². The molecule has 1 saturated heterocycles. The molecule has 2 atom stereocenters. The van der Waals surface area contributed by atoms with E-state index < -0.39 is 17.3 Å². The Morgan fingerprint density at radius 3 is 2.39 bits per heavy atom. The highest BCUT2D eigenvalue weighted by Crippen LogP contribution is 2.37. The standard InChI is InChI=1S/C24H39N3O4/c1-9-17(2)27(22(29)31-24(6,7)8)20-18(13-12-15-25-20)19-14-10-11-16-26(19)21(28)30-23(3,4)5/h12-13,15,17,19H,9-11,14,16H2,1-8H3/t17-,19-/m1/s1. The smallest absolute Gasteiger partial charge is 0.416 e. The van der Waals surface area contributed by atoms with Gasteiger partial charge in [0.05, 0.1) is 6.04 Å². The Bertz CT molecular complexity index is 767. The molecule has 1 aromatic rings. The first kappa shape index (κ1) is 25.0. The molecule has 0 unspecified atom stereocenters. The molecule has 1 aliphatic heterocycles. The predicted molar refractivity (Wildman–Crippen MR) is 122 cm³/mol. The Kier molecular flexibility index (Phi) is 7.95. The number of hydrogen-bond donors (Lipinski definition) is 0. The molecule has 1 aromatic heterocycles. The average Bonchev–Trinajstić information content (AvgIpc) is 2.65. The van der Waals surface area contributed by atoms with Crippen molar-refractivity contribution >= 4 is 18.0 Å². The largest absolute Gasteiger partial charge is 0.444 e. The van der Waals surface area contributed by atoms with Gasteiger partial charge in [0.15, 0.2) is 0 Å². The van der Waals surface area contributed by atoms with Gasteiger partial charge in [0.1, 0.15) is 17.0 Å². The molecule has 31 heavy (non-hydrogen) atoms. The summed E-state index contributed by atoms with van der Waals surface area (Å²) in [5.74, 6) is 0.548. The molecule has 0 saturated carbocycles. The lowest BCUT2D eigenvalue weighted by Crippen LogP contribution is -2.45. The second kappa shape index (κ2) is 9.88. The highest BCUT2D eigenvalue weighted by atomic mass is 16.6. The summed E-state index contributed by atoms with van der Waals surface area (Å²) >= 11 is 0. The van der Waals surface area contributed by atoms with Crippen molar-refractivity contribution in [2.24, 2.45) is 0 Å². The first-order valence-corrected chi connectivity index (χ1v) is 11.3. The van der Waals surface area contributed by atoms with Gasteiger partial charge in [-0.05, 0) is 80.2 Å². The fourth-order valence-corrected chi connectivity index (χ4v) is 3.63. The average molecular weight is 434 g/mol. The van der Waals surface area contributed by atoms with Crippen molar-refractivity contribution in [2.75, 3.05) is 11.4 Å². The zero-order chi connectivity index (χ0) is 23.4. The molecule has 1 fully saturated rings. The number of carbonyl (C=O) groups is 2. The molecule has 7 nitrogen and oxygen atoms in total. The van der Waals surface area contributed by atoms with Crippen LogP contribution in [-0.4, -0.2) is 45.9 Å². The summed E-state index contributed by atoms with van der Waals surface area (Å²) in [5.41, 5.74) is -0.347. The first-order chi connectivity index (χ1) is 14.3. The monoisotopic (exact) mass is 433 g/mol. The van der Waals surface area contributed by atoms with Crippen LogP contribution < -0.4 is 4.90 Å². The number of pyridine rings is 1. The summed E-state index contributed by atoms with van der Waals surface area (Å²) < 4.78 is 11.4. The van der Waals surface area contributed by atoms with Crippen LogP contribution in [0.15, 0.2) is 18.3 Å². The molecule has 0 radical (unpaired) electrons. The number of carbonyl (C=O) groups excluding carboxylic acids is 2. The number of rotatable bonds is 4. The topological polar surface area (TPSA) is 72.0 Å². The lowest BCUT2D eigenvalue weighted by molar-refractivity contribution is 0.00955. The van der Waals surface area contributed by atoms with Crippen LogP contribution >= 0.6 is 0 Å². The molecular weight excluding hydrogens is 394 g/mol. The third-order valence-electron chi connectivity index (χ3n) is 5.16. The van der Waals surface area contributed by atoms with Crippen LogP contribution in [0.4, 0.5) is 15.4 Å². The number of aromatic nitrogens is 1. The zero-order valence-electron chi connectivity index (χ0n) is 20.4. The van der Waals surface area contributed by atoms with Crippen molar-refractivity contribution in [1.82, 2.24) is 9.88 Å². The van der Waals surface area contributed by atoms with E-state index in [1.165, 1.54) is 0 Å². The first-order valence-electron chi connectivity index (χ1n) is 11.3. The molecule has 0 aromatic carbocycles. The SMILES string of the molecule is CC[C@@H](C)N(C(=O)OC(C)(C)C)c1ncccc1[C@H]1CCCCN1C(=O)OC(C)(C)C. The molecule has 0 aliphatic carbocycles. The molecule has 7 heteroatoms. The molecule has 0 bridgehead atoms. The Hall–Kier alpha value is -2.31. The van der Waals surface area contributed by atoms with E-state index in [9.17, 15) is 9.59 Å². The van der Waals surface area contributed by atoms with Gasteiger partial charge < -0.3 is 14.4 Å². The van der Waals surface area contributed by atoms with Crippen molar-refractivity contribution in [1.29, 1.82) is 0 Å². The molecule has 174 valence electrons. The Morgan fingerprint density at radius 2 is 1.81 bits per heavy atom. The quantitative estimate of drug-likeness (QED) is 0.575. The summed E-state index contributed by atoms with van der Waals surface area (Å²) in [4.78, 5) is 34.1. The minimum absolute atomic E-state index is 0.109. The van der Waals surface area contributed by atoms with Crippen LogP contribution in [0.5, 0.6) is 0 Å². The van der Waals surface area contributed by atoms with Crippen LogP contribution in [-0.2, 0) is 9.47 Å². The minimum Gasteiger partial charge on any atom is -0.444 e. The van der Waals surface area contributed by atoms with Gasteiger partial charge in [-0.15, -0.1) is 0 Å². The second-order valence-electron chi connectivity index (χ2n) is 10.2. The predicted octanol–water partition coefficient (Wildman–Crippen LogP) is 6.08. The molecule has 2 amide bonds. The normalized spacial score (nSPS) is 18.3. The van der Waals surface area contributed by atoms with Crippen molar-refractivity contribution in [2.45, 2.75) is 104 Å². The fourth-order valence-electron chi connectivity index (χ4n) is 3.63. The van der Waals surface area contributed by atoms with Crippen LogP contribution in [0.2, 0.25) is 0 Å². The number of piperidine rings is 1. The molecular formula is C24H39N3O4. The summed E-state index contributed by atoms with van der Waals surface area (Å²) in [6.07, 6.45) is 4.37. The van der Waals surface area contributed by atoms with Crippen LogP contribution in [0.1, 0.15) is 92.7 Å². The van der Waals surface area contributed by atoms with Crippen LogP contribution in [0, 0.1) is 0 Å². The third-order valence-corrected chi connectivity index (χ3v) is 5.16. The summed E-state index contributed by atoms with van der Waals surface area (Å²) in [6, 6.07) is 3.49. The van der Waals surface area contributed by atoms with Gasteiger partial charge in [0, 0.05) is 24.3 Å². The van der Waals surface area contributed by atoms with E-state index in [-0.39, 0.29) is 18.2 Å². The van der Waals surface area contributed by atoms with E-state index in [1.807, 2.05) is 67.5 Å². The number of amides is 2. The van der Waals surface area contributed by atoms with Crippen LogP contribution in [0.3, 0.4) is 0 Å². The van der Waals surface area contributed by atoms with Gasteiger partial charge in [-0.2, -0.15) is 0 Å². The van der Waals surface area contributed by atoms with Gasteiger partial charge in [-0.1, -0.05) is 13.0 Å². The van der Waals surface area contributed by atoms with E-state index in [0.29, 0.717) is 12.4 Å². The Morgan fingerprint density at radius 1 is 1.16 bits per heavy atom. The fraction of sp³-hybridized carbons (Fsp3) is 0.708. The second-order valence-corrected chi connectivity index (χ2v) is 10.2. The van der Waals surface area contributed by atoms with E-state index in [4.69, 9.17) is 9.47 Å². The van der Waals surface area contributed by atoms with Crippen molar-refractivity contribution in [3.05, 3.63) is 23.9 Å². The maximum absolute atomic E-state index is 13.2. The van der Waals surface area contributed by atoms with Crippen LogP contribution in [0.25, 0.3) is 0 Å². The zero-order valence-corrected chi connectivity index (χ0v) is 20.4. The van der Waals surface area contributed by atoms with E-state index in [0.717, 1.165) is 31.2 Å². The Labute approximate surface area is 187 Å². The third kappa shape index (κ3) is 6.84. The van der Waals surface area contributed by atoms with Gasteiger partial charge in [0.2, 0.25) is 0 Å². The molecule has 2 rings (SSSR count). The summed E-state index contributed by atoms with van der Waals surface area (Å²) in [5, 5.41) is 0. The number of nitrogens with zero attached hydrogens (tertiary/aromatic N) is 3.